The van der Waals surface area contributed by atoms with Crippen LogP contribution in [0, 0.1) is 12.8 Å². The third-order valence-corrected chi connectivity index (χ3v) is 4.22. The molecule has 1 aromatic carbocycles. The smallest absolute Gasteiger partial charge is 0.321 e. The average molecular weight is 391 g/mol. The van der Waals surface area contributed by atoms with Crippen LogP contribution in [0.25, 0.3) is 0 Å². The van der Waals surface area contributed by atoms with Crippen molar-refractivity contribution < 1.29 is 28.7 Å². The third-order valence-electron chi connectivity index (χ3n) is 4.22. The Morgan fingerprint density at radius 2 is 2.04 bits per heavy atom. The second kappa shape index (κ2) is 9.72. The summed E-state index contributed by atoms with van der Waals surface area (Å²) in [5.74, 6) is -1.78. The number of nitrogens with one attached hydrogen (secondary N) is 2. The van der Waals surface area contributed by atoms with E-state index in [4.69, 9.17) is 9.47 Å². The molecule has 0 saturated carbocycles. The lowest BCUT2D eigenvalue weighted by Gasteiger charge is -2.20. The fraction of sp³-hybridized carbons (Fsp3) is 0.474. The molecule has 1 aliphatic heterocycles. The van der Waals surface area contributed by atoms with Crippen LogP contribution in [0.4, 0.5) is 10.5 Å². The summed E-state index contributed by atoms with van der Waals surface area (Å²) in [6.07, 6.45) is 0.711. The lowest BCUT2D eigenvalue weighted by atomic mass is 10.1. The molecular formula is C19H25N3O6. The van der Waals surface area contributed by atoms with E-state index in [0.29, 0.717) is 18.0 Å². The summed E-state index contributed by atoms with van der Waals surface area (Å²) in [7, 11) is 1.51. The molecule has 2 rings (SSSR count). The number of amides is 4. The van der Waals surface area contributed by atoms with E-state index >= 15 is 0 Å². The molecule has 2 N–H and O–H groups in total. The van der Waals surface area contributed by atoms with Gasteiger partial charge in [-0.25, -0.2) is 4.79 Å². The number of benzene rings is 1. The molecule has 0 aromatic heterocycles. The van der Waals surface area contributed by atoms with E-state index in [1.807, 2.05) is 26.0 Å². The quantitative estimate of drug-likeness (QED) is 0.674. The van der Waals surface area contributed by atoms with Crippen LogP contribution >= 0.6 is 0 Å². The Balaban J connectivity index is 1.91. The van der Waals surface area contributed by atoms with Gasteiger partial charge < -0.3 is 19.7 Å². The number of carbonyl (C=O) groups excluding carboxylic acids is 4. The summed E-state index contributed by atoms with van der Waals surface area (Å²) in [5.41, 5.74) is 1.54. The lowest BCUT2D eigenvalue weighted by molar-refractivity contribution is -0.152. The number of carbonyl (C=O) groups is 4. The van der Waals surface area contributed by atoms with Gasteiger partial charge in [-0.2, -0.15) is 0 Å². The number of anilines is 1. The van der Waals surface area contributed by atoms with Crippen LogP contribution in [0.5, 0.6) is 5.75 Å². The highest BCUT2D eigenvalue weighted by atomic mass is 16.5. The fourth-order valence-electron chi connectivity index (χ4n) is 2.81. The highest BCUT2D eigenvalue weighted by molar-refractivity contribution is 6.01. The number of rotatable bonds is 7. The topological polar surface area (TPSA) is 114 Å². The SMILES string of the molecule is CCCNC(=O)NC(=O)COC(=O)[C@H]1CC(=O)N(c2cc(C)ccc2OC)C1. The molecule has 28 heavy (non-hydrogen) atoms. The minimum Gasteiger partial charge on any atom is -0.495 e. The van der Waals surface area contributed by atoms with Gasteiger partial charge in [-0.05, 0) is 31.0 Å². The molecule has 1 saturated heterocycles. The zero-order valence-corrected chi connectivity index (χ0v) is 16.2. The van der Waals surface area contributed by atoms with Crippen LogP contribution in [0.15, 0.2) is 18.2 Å². The van der Waals surface area contributed by atoms with Gasteiger partial charge in [-0.1, -0.05) is 13.0 Å². The average Bonchev–Trinajstić information content (AvgIpc) is 3.06. The first kappa shape index (κ1) is 21.2. The molecule has 0 unspecified atom stereocenters. The summed E-state index contributed by atoms with van der Waals surface area (Å²) in [4.78, 5) is 49.2. The molecule has 0 bridgehead atoms. The van der Waals surface area contributed by atoms with Gasteiger partial charge in [0.05, 0.1) is 18.7 Å². The van der Waals surface area contributed by atoms with Crippen molar-refractivity contribution in [3.05, 3.63) is 23.8 Å². The van der Waals surface area contributed by atoms with Gasteiger partial charge >= 0.3 is 12.0 Å². The minimum atomic E-state index is -0.733. The second-order valence-electron chi connectivity index (χ2n) is 6.49. The number of urea groups is 1. The van der Waals surface area contributed by atoms with Crippen LogP contribution in [0.1, 0.15) is 25.3 Å². The molecule has 9 nitrogen and oxygen atoms in total. The van der Waals surface area contributed by atoms with Crippen molar-refractivity contribution in [3.63, 3.8) is 0 Å². The minimum absolute atomic E-state index is 0.0193. The van der Waals surface area contributed by atoms with Crippen LogP contribution in [0.2, 0.25) is 0 Å². The highest BCUT2D eigenvalue weighted by Gasteiger charge is 2.37. The molecule has 9 heteroatoms. The fourth-order valence-corrected chi connectivity index (χ4v) is 2.81. The zero-order valence-electron chi connectivity index (χ0n) is 16.2. The van der Waals surface area contributed by atoms with Gasteiger partial charge in [0.25, 0.3) is 5.91 Å². The molecule has 4 amide bonds. The predicted octanol–water partition coefficient (Wildman–Crippen LogP) is 1.14. The summed E-state index contributed by atoms with van der Waals surface area (Å²) in [6.45, 7) is 3.75. The van der Waals surface area contributed by atoms with Gasteiger partial charge in [0, 0.05) is 19.5 Å². The van der Waals surface area contributed by atoms with Crippen LogP contribution in [-0.2, 0) is 19.1 Å². The number of imide groups is 1. The van der Waals surface area contributed by atoms with Gasteiger partial charge in [-0.15, -0.1) is 0 Å². The molecule has 152 valence electrons. The van der Waals surface area contributed by atoms with Crippen molar-refractivity contribution in [1.82, 2.24) is 10.6 Å². The predicted molar refractivity (Wildman–Crippen MR) is 101 cm³/mol. The number of nitrogens with zero attached hydrogens (tertiary/aromatic N) is 1. The number of aryl methyl sites for hydroxylation is 1. The molecule has 1 fully saturated rings. The Bertz CT molecular complexity index is 764. The maximum absolute atomic E-state index is 12.4. The monoisotopic (exact) mass is 391 g/mol. The number of hydrogen-bond acceptors (Lipinski definition) is 6. The van der Waals surface area contributed by atoms with Crippen molar-refractivity contribution >= 4 is 29.5 Å². The van der Waals surface area contributed by atoms with E-state index in [9.17, 15) is 19.2 Å². The van der Waals surface area contributed by atoms with Crippen LogP contribution < -0.4 is 20.3 Å². The Hall–Kier alpha value is -3.10. The van der Waals surface area contributed by atoms with E-state index < -0.39 is 30.4 Å². The van der Waals surface area contributed by atoms with Crippen molar-refractivity contribution in [1.29, 1.82) is 0 Å². The van der Waals surface area contributed by atoms with Crippen molar-refractivity contribution in [2.24, 2.45) is 5.92 Å². The van der Waals surface area contributed by atoms with Crippen molar-refractivity contribution in [3.8, 4) is 5.75 Å². The Morgan fingerprint density at radius 3 is 2.71 bits per heavy atom. The maximum Gasteiger partial charge on any atom is 0.321 e. The van der Waals surface area contributed by atoms with E-state index in [1.165, 1.54) is 12.0 Å². The van der Waals surface area contributed by atoms with E-state index in [1.54, 1.807) is 6.07 Å². The Labute approximate surface area is 163 Å². The summed E-state index contributed by atoms with van der Waals surface area (Å²) in [5, 5.41) is 4.54. The molecule has 1 aromatic rings. The molecule has 0 spiro atoms. The zero-order chi connectivity index (χ0) is 20.7. The van der Waals surface area contributed by atoms with Crippen LogP contribution in [-0.4, -0.2) is 50.6 Å². The first-order valence-electron chi connectivity index (χ1n) is 9.05. The molecule has 1 aliphatic rings. The molecule has 1 atom stereocenters. The second-order valence-corrected chi connectivity index (χ2v) is 6.49. The summed E-state index contributed by atoms with van der Waals surface area (Å²) >= 11 is 0. The van der Waals surface area contributed by atoms with Gasteiger partial charge in [0.1, 0.15) is 5.75 Å². The van der Waals surface area contributed by atoms with Crippen molar-refractivity contribution in [2.45, 2.75) is 26.7 Å². The van der Waals surface area contributed by atoms with E-state index in [-0.39, 0.29) is 18.9 Å². The molecule has 0 radical (unpaired) electrons. The van der Waals surface area contributed by atoms with E-state index in [2.05, 4.69) is 10.6 Å². The number of hydrogen-bond donors (Lipinski definition) is 2. The highest BCUT2D eigenvalue weighted by Crippen LogP contribution is 2.34. The number of esters is 1. The Morgan fingerprint density at radius 1 is 1.29 bits per heavy atom. The summed E-state index contributed by atoms with van der Waals surface area (Å²) in [6, 6.07) is 4.80. The van der Waals surface area contributed by atoms with E-state index in [0.717, 1.165) is 12.0 Å². The van der Waals surface area contributed by atoms with Gasteiger partial charge in [-0.3, -0.25) is 19.7 Å². The molecule has 1 heterocycles. The molecular weight excluding hydrogens is 366 g/mol. The molecule has 0 aliphatic carbocycles. The van der Waals surface area contributed by atoms with Crippen LogP contribution in [0.3, 0.4) is 0 Å². The standard InChI is InChI=1S/C19H25N3O6/c1-4-7-20-19(26)21-16(23)11-28-18(25)13-9-17(24)22(10-13)14-8-12(2)5-6-15(14)27-3/h5-6,8,13H,4,7,9-11H2,1-3H3,(H2,20,21,23,26)/t13-/m0/s1. The first-order chi connectivity index (χ1) is 13.3. The number of ether oxygens (including phenoxy) is 2. The third kappa shape index (κ3) is 5.45. The lowest BCUT2D eigenvalue weighted by Crippen LogP contribution is -2.42. The number of methoxy groups -OCH3 is 1. The Kier molecular flexibility index (Phi) is 7.36. The summed E-state index contributed by atoms with van der Waals surface area (Å²) < 4.78 is 10.3. The first-order valence-corrected chi connectivity index (χ1v) is 9.05. The maximum atomic E-state index is 12.4. The van der Waals surface area contributed by atoms with Crippen molar-refractivity contribution in [2.75, 3.05) is 31.7 Å². The van der Waals surface area contributed by atoms with Gasteiger partial charge in [0.15, 0.2) is 6.61 Å². The normalized spacial score (nSPS) is 15.9. The van der Waals surface area contributed by atoms with Gasteiger partial charge in [0.2, 0.25) is 5.91 Å². The largest absolute Gasteiger partial charge is 0.495 e.